The zero-order chi connectivity index (χ0) is 23.0. The van der Waals surface area contributed by atoms with Crippen molar-refractivity contribution in [3.63, 3.8) is 0 Å². The second kappa shape index (κ2) is 9.32. The Morgan fingerprint density at radius 1 is 0.939 bits per heavy atom. The molecule has 0 radical (unpaired) electrons. The molecule has 33 heavy (non-hydrogen) atoms. The van der Waals surface area contributed by atoms with E-state index in [9.17, 15) is 13.2 Å². The third-order valence-corrected chi connectivity index (χ3v) is 10.1. The second-order valence-electron chi connectivity index (χ2n) is 10.4. The van der Waals surface area contributed by atoms with Crippen LogP contribution in [0.15, 0.2) is 24.4 Å². The fourth-order valence-electron chi connectivity index (χ4n) is 6.28. The number of anilines is 1. The number of likely N-dealkylation sites (tertiary alicyclic amines) is 1. The molecule has 0 atom stereocenters. The number of aromatic nitrogens is 1. The number of nitrogens with one attached hydrogen (secondary N) is 1. The van der Waals surface area contributed by atoms with E-state index in [1.54, 1.807) is 0 Å². The van der Waals surface area contributed by atoms with Crippen molar-refractivity contribution in [3.05, 3.63) is 30.0 Å². The van der Waals surface area contributed by atoms with E-state index in [4.69, 9.17) is 0 Å². The Morgan fingerprint density at radius 2 is 1.61 bits per heavy atom. The predicted molar refractivity (Wildman–Crippen MR) is 133 cm³/mol. The lowest BCUT2D eigenvalue weighted by molar-refractivity contribution is -0.136. The summed E-state index contributed by atoms with van der Waals surface area (Å²) in [6, 6.07) is 5.92. The lowest BCUT2D eigenvalue weighted by atomic mass is 9.88. The van der Waals surface area contributed by atoms with Crippen molar-refractivity contribution in [3.8, 4) is 0 Å². The van der Waals surface area contributed by atoms with Crippen LogP contribution in [-0.2, 0) is 21.9 Å². The van der Waals surface area contributed by atoms with Gasteiger partial charge in [0.15, 0.2) is 0 Å². The van der Waals surface area contributed by atoms with Crippen LogP contribution >= 0.6 is 0 Å². The first-order valence-electron chi connectivity index (χ1n) is 12.8. The van der Waals surface area contributed by atoms with Crippen LogP contribution in [0.3, 0.4) is 0 Å². The monoisotopic (exact) mass is 471 g/mol. The number of sulfonamides is 1. The number of hydrogen-bond donors (Lipinski definition) is 1. The molecule has 1 amide bonds. The summed E-state index contributed by atoms with van der Waals surface area (Å²) < 4.78 is 30.9. The molecule has 0 bridgehead atoms. The van der Waals surface area contributed by atoms with Crippen molar-refractivity contribution >= 4 is 32.5 Å². The Morgan fingerprint density at radius 3 is 2.30 bits per heavy atom. The lowest BCUT2D eigenvalue weighted by Crippen LogP contribution is -2.40. The summed E-state index contributed by atoms with van der Waals surface area (Å²) in [5.74, 6) is 1.01. The Labute approximate surface area is 197 Å². The van der Waals surface area contributed by atoms with Crippen molar-refractivity contribution in [2.24, 2.45) is 13.0 Å². The molecule has 1 aliphatic heterocycles. The van der Waals surface area contributed by atoms with E-state index in [-0.39, 0.29) is 11.2 Å². The van der Waals surface area contributed by atoms with Gasteiger partial charge in [-0.3, -0.25) is 9.52 Å². The maximum atomic E-state index is 12.9. The lowest BCUT2D eigenvalue weighted by Gasteiger charge is -2.33. The average molecular weight is 472 g/mol. The summed E-state index contributed by atoms with van der Waals surface area (Å²) in [5, 5.41) is 0.848. The quantitative estimate of drug-likeness (QED) is 0.656. The van der Waals surface area contributed by atoms with E-state index >= 15 is 0 Å². The number of nitrogens with zero attached hydrogens (tertiary/aromatic N) is 2. The van der Waals surface area contributed by atoms with Crippen molar-refractivity contribution < 1.29 is 13.2 Å². The molecule has 2 aliphatic carbocycles. The molecule has 3 aliphatic rings. The summed E-state index contributed by atoms with van der Waals surface area (Å²) in [5.41, 5.74) is 3.06. The van der Waals surface area contributed by atoms with Gasteiger partial charge in [-0.25, -0.2) is 8.42 Å². The Hall–Kier alpha value is -2.02. The predicted octanol–water partition coefficient (Wildman–Crippen LogP) is 5.15. The largest absolute Gasteiger partial charge is 0.350 e. The van der Waals surface area contributed by atoms with E-state index in [0.29, 0.717) is 17.5 Å². The van der Waals surface area contributed by atoms with Gasteiger partial charge in [0.1, 0.15) is 0 Å². The summed E-state index contributed by atoms with van der Waals surface area (Å²) in [4.78, 5) is 14.9. The smallest absolute Gasteiger partial charge is 0.235 e. The molecule has 5 rings (SSSR count). The molecule has 7 heteroatoms. The van der Waals surface area contributed by atoms with E-state index in [1.807, 2.05) is 18.2 Å². The third-order valence-electron chi connectivity index (χ3n) is 8.22. The number of carbonyl (C=O) groups is 1. The van der Waals surface area contributed by atoms with Crippen LogP contribution in [0.5, 0.6) is 0 Å². The number of amides is 1. The van der Waals surface area contributed by atoms with E-state index in [2.05, 4.69) is 27.4 Å². The molecule has 2 saturated carbocycles. The minimum Gasteiger partial charge on any atom is -0.350 e. The van der Waals surface area contributed by atoms with E-state index in [0.717, 1.165) is 81.8 Å². The number of carbonyl (C=O) groups excluding carboxylic acids is 1. The highest BCUT2D eigenvalue weighted by Crippen LogP contribution is 2.37. The zero-order valence-corrected chi connectivity index (χ0v) is 20.6. The van der Waals surface area contributed by atoms with Crippen LogP contribution < -0.4 is 4.72 Å². The first-order valence-corrected chi connectivity index (χ1v) is 14.4. The summed E-state index contributed by atoms with van der Waals surface area (Å²) in [6.07, 6.45) is 13.3. The molecular formula is C26H37N3O3S. The summed E-state index contributed by atoms with van der Waals surface area (Å²) >= 11 is 0. The van der Waals surface area contributed by atoms with Gasteiger partial charge in [0.2, 0.25) is 15.9 Å². The number of aryl methyl sites for hydroxylation is 1. The van der Waals surface area contributed by atoms with Crippen LogP contribution in [0.4, 0.5) is 5.69 Å². The topological polar surface area (TPSA) is 71.4 Å². The minimum absolute atomic E-state index is 0.249. The number of benzene rings is 1. The zero-order valence-electron chi connectivity index (χ0n) is 19.8. The first kappa shape index (κ1) is 22.8. The molecule has 1 aromatic heterocycles. The highest BCUT2D eigenvalue weighted by Gasteiger charge is 2.31. The van der Waals surface area contributed by atoms with Crippen LogP contribution in [0.2, 0.25) is 0 Å². The van der Waals surface area contributed by atoms with Crippen LogP contribution in [-0.4, -0.2) is 42.1 Å². The Balaban J connectivity index is 1.32. The second-order valence-corrected chi connectivity index (χ2v) is 12.4. The first-order chi connectivity index (χ1) is 15.9. The molecule has 1 N–H and O–H groups in total. The summed E-state index contributed by atoms with van der Waals surface area (Å²) in [7, 11) is -1.31. The van der Waals surface area contributed by atoms with Gasteiger partial charge in [0.05, 0.1) is 5.25 Å². The van der Waals surface area contributed by atoms with Gasteiger partial charge in [-0.15, -0.1) is 0 Å². The standard InChI is InChI=1S/C26H37N3O3S/c1-28-18-24(19-13-15-29(16-14-19)26(30)20-7-5-6-8-20)23-17-21(11-12-25(23)28)27-33(31,32)22-9-3-2-4-10-22/h11-12,17-20,22,27H,2-10,13-16H2,1H3. The van der Waals surface area contributed by atoms with Gasteiger partial charge >= 0.3 is 0 Å². The normalized spacial score (nSPS) is 21.7. The van der Waals surface area contributed by atoms with Gasteiger partial charge in [0.25, 0.3) is 0 Å². The molecule has 1 aromatic carbocycles. The molecule has 1 saturated heterocycles. The Bertz CT molecular complexity index is 1100. The molecule has 6 nitrogen and oxygen atoms in total. The van der Waals surface area contributed by atoms with Crippen molar-refractivity contribution in [1.29, 1.82) is 0 Å². The fourth-order valence-corrected chi connectivity index (χ4v) is 7.85. The molecule has 0 spiro atoms. The van der Waals surface area contributed by atoms with Crippen molar-refractivity contribution in [2.75, 3.05) is 17.8 Å². The van der Waals surface area contributed by atoms with Crippen molar-refractivity contribution in [1.82, 2.24) is 9.47 Å². The molecular weight excluding hydrogens is 434 g/mol. The van der Waals surface area contributed by atoms with E-state index < -0.39 is 10.0 Å². The fraction of sp³-hybridized carbons (Fsp3) is 0.654. The van der Waals surface area contributed by atoms with Crippen LogP contribution in [0.25, 0.3) is 10.9 Å². The molecule has 3 fully saturated rings. The minimum atomic E-state index is -3.36. The third kappa shape index (κ3) is 4.66. The highest BCUT2D eigenvalue weighted by atomic mass is 32.2. The maximum absolute atomic E-state index is 12.9. The Kier molecular flexibility index (Phi) is 6.43. The van der Waals surface area contributed by atoms with Gasteiger partial charge in [-0.05, 0) is 68.2 Å². The highest BCUT2D eigenvalue weighted by molar-refractivity contribution is 7.93. The average Bonchev–Trinajstić information content (AvgIpc) is 3.48. The molecule has 2 heterocycles. The van der Waals surface area contributed by atoms with Gasteiger partial charge in [-0.1, -0.05) is 32.1 Å². The molecule has 180 valence electrons. The van der Waals surface area contributed by atoms with Crippen LogP contribution in [0, 0.1) is 5.92 Å². The number of fused-ring (bicyclic) bond motifs is 1. The van der Waals surface area contributed by atoms with Crippen molar-refractivity contribution in [2.45, 2.75) is 81.8 Å². The summed E-state index contributed by atoms with van der Waals surface area (Å²) in [6.45, 7) is 1.65. The number of piperidine rings is 1. The maximum Gasteiger partial charge on any atom is 0.235 e. The van der Waals surface area contributed by atoms with E-state index in [1.165, 1.54) is 18.4 Å². The number of rotatable bonds is 5. The molecule has 2 aromatic rings. The molecule has 0 unspecified atom stereocenters. The van der Waals surface area contributed by atoms with Gasteiger partial charge in [-0.2, -0.15) is 0 Å². The SMILES string of the molecule is Cn1cc(C2CCN(C(=O)C3CCCC3)CC2)c2cc(NS(=O)(=O)C3CCCCC3)ccc21. The number of hydrogen-bond acceptors (Lipinski definition) is 3. The van der Waals surface area contributed by atoms with Gasteiger partial charge < -0.3 is 9.47 Å². The van der Waals surface area contributed by atoms with Gasteiger partial charge in [0, 0.05) is 48.8 Å². The van der Waals surface area contributed by atoms with Crippen LogP contribution in [0.1, 0.15) is 82.1 Å².